The van der Waals surface area contributed by atoms with Gasteiger partial charge in [0.2, 0.25) is 11.8 Å². The SMILES string of the molecule is CCCCOc1ccc([C@H]2N[C@@H](C(=O)OC)[C@H]3C(=O)N(C)C(=O)[C@H]32)cc1. The van der Waals surface area contributed by atoms with Crippen molar-refractivity contribution in [1.82, 2.24) is 10.2 Å². The molecule has 140 valence electrons. The van der Waals surface area contributed by atoms with Crippen molar-refractivity contribution in [3.63, 3.8) is 0 Å². The van der Waals surface area contributed by atoms with Gasteiger partial charge in [-0.25, -0.2) is 0 Å². The van der Waals surface area contributed by atoms with Crippen LogP contribution in [0.3, 0.4) is 0 Å². The fourth-order valence-electron chi connectivity index (χ4n) is 3.71. The van der Waals surface area contributed by atoms with Gasteiger partial charge in [0.1, 0.15) is 11.8 Å². The predicted octanol–water partition coefficient (Wildman–Crippen LogP) is 1.28. The van der Waals surface area contributed by atoms with Crippen LogP contribution in [0.4, 0.5) is 0 Å². The summed E-state index contributed by atoms with van der Waals surface area (Å²) in [5.41, 5.74) is 0.839. The lowest BCUT2D eigenvalue weighted by Crippen LogP contribution is -2.42. The van der Waals surface area contributed by atoms with Gasteiger partial charge in [-0.15, -0.1) is 0 Å². The topological polar surface area (TPSA) is 84.9 Å². The Bertz CT molecular complexity index is 702. The highest BCUT2D eigenvalue weighted by atomic mass is 16.5. The van der Waals surface area contributed by atoms with E-state index < -0.39 is 29.9 Å². The summed E-state index contributed by atoms with van der Waals surface area (Å²) in [5.74, 6) is -1.73. The molecule has 2 fully saturated rings. The quantitative estimate of drug-likeness (QED) is 0.467. The Kier molecular flexibility index (Phi) is 5.27. The average molecular weight is 360 g/mol. The molecule has 0 radical (unpaired) electrons. The molecule has 0 aliphatic carbocycles. The number of hydrogen-bond acceptors (Lipinski definition) is 6. The van der Waals surface area contributed by atoms with E-state index in [2.05, 4.69) is 12.2 Å². The van der Waals surface area contributed by atoms with Gasteiger partial charge in [-0.2, -0.15) is 0 Å². The van der Waals surface area contributed by atoms with E-state index in [1.165, 1.54) is 14.2 Å². The maximum absolute atomic E-state index is 12.6. The van der Waals surface area contributed by atoms with Crippen LogP contribution in [-0.2, 0) is 19.1 Å². The number of carbonyl (C=O) groups is 3. The van der Waals surface area contributed by atoms with Crippen LogP contribution in [0, 0.1) is 11.8 Å². The summed E-state index contributed by atoms with van der Waals surface area (Å²) in [7, 11) is 2.73. The maximum Gasteiger partial charge on any atom is 0.323 e. The number of likely N-dealkylation sites (tertiary alicyclic amines) is 1. The molecule has 7 heteroatoms. The van der Waals surface area contributed by atoms with E-state index in [0.717, 1.165) is 29.1 Å². The van der Waals surface area contributed by atoms with Crippen molar-refractivity contribution in [1.29, 1.82) is 0 Å². The lowest BCUT2D eigenvalue weighted by atomic mass is 9.86. The first-order valence-corrected chi connectivity index (χ1v) is 8.87. The molecule has 0 unspecified atom stereocenters. The third kappa shape index (κ3) is 3.07. The summed E-state index contributed by atoms with van der Waals surface area (Å²) in [5, 5.41) is 3.13. The number of esters is 1. The van der Waals surface area contributed by atoms with Crippen molar-refractivity contribution in [2.75, 3.05) is 20.8 Å². The molecule has 4 atom stereocenters. The smallest absolute Gasteiger partial charge is 0.323 e. The van der Waals surface area contributed by atoms with E-state index in [0.29, 0.717) is 6.61 Å². The molecule has 0 saturated carbocycles. The number of unbranched alkanes of at least 4 members (excludes halogenated alkanes) is 1. The van der Waals surface area contributed by atoms with Gasteiger partial charge in [-0.3, -0.25) is 24.6 Å². The molecule has 3 rings (SSSR count). The summed E-state index contributed by atoms with van der Waals surface area (Å²) in [6, 6.07) is 6.18. The minimum absolute atomic E-state index is 0.271. The summed E-state index contributed by atoms with van der Waals surface area (Å²) < 4.78 is 10.5. The number of fused-ring (bicyclic) bond motifs is 1. The molecule has 1 N–H and O–H groups in total. The molecular formula is C19H24N2O5. The summed E-state index contributed by atoms with van der Waals surface area (Å²) >= 11 is 0. The van der Waals surface area contributed by atoms with Crippen LogP contribution in [-0.4, -0.2) is 49.5 Å². The van der Waals surface area contributed by atoms with Crippen molar-refractivity contribution >= 4 is 17.8 Å². The molecule has 2 saturated heterocycles. The van der Waals surface area contributed by atoms with E-state index in [1.807, 2.05) is 24.3 Å². The van der Waals surface area contributed by atoms with Crippen molar-refractivity contribution in [2.24, 2.45) is 11.8 Å². The number of benzene rings is 1. The van der Waals surface area contributed by atoms with Crippen molar-refractivity contribution in [2.45, 2.75) is 31.8 Å². The molecule has 2 aliphatic rings. The van der Waals surface area contributed by atoms with Crippen LogP contribution < -0.4 is 10.1 Å². The van der Waals surface area contributed by atoms with Gasteiger partial charge in [0.05, 0.1) is 25.6 Å². The second kappa shape index (κ2) is 7.45. The van der Waals surface area contributed by atoms with E-state index in [1.54, 1.807) is 0 Å². The van der Waals surface area contributed by atoms with Crippen LogP contribution in [0.1, 0.15) is 31.4 Å². The van der Waals surface area contributed by atoms with Crippen molar-refractivity contribution in [3.05, 3.63) is 29.8 Å². The van der Waals surface area contributed by atoms with Gasteiger partial charge < -0.3 is 9.47 Å². The average Bonchev–Trinajstić information content (AvgIpc) is 3.15. The lowest BCUT2D eigenvalue weighted by molar-refractivity contribution is -0.147. The van der Waals surface area contributed by atoms with Crippen LogP contribution in [0.15, 0.2) is 24.3 Å². The first-order valence-electron chi connectivity index (χ1n) is 8.87. The van der Waals surface area contributed by atoms with Crippen molar-refractivity contribution in [3.8, 4) is 5.75 Å². The number of amides is 2. The highest BCUT2D eigenvalue weighted by molar-refractivity contribution is 6.08. The molecule has 1 aromatic rings. The van der Waals surface area contributed by atoms with E-state index >= 15 is 0 Å². The molecule has 0 bridgehead atoms. The summed E-state index contributed by atoms with van der Waals surface area (Å²) in [6.45, 7) is 2.76. The van der Waals surface area contributed by atoms with Gasteiger partial charge in [0.15, 0.2) is 0 Å². The Balaban J connectivity index is 1.84. The monoisotopic (exact) mass is 360 g/mol. The maximum atomic E-state index is 12.6. The van der Waals surface area contributed by atoms with Crippen LogP contribution in [0.25, 0.3) is 0 Å². The molecule has 0 aromatic heterocycles. The molecule has 2 aliphatic heterocycles. The third-order valence-electron chi connectivity index (χ3n) is 5.16. The number of hydrogen-bond donors (Lipinski definition) is 1. The zero-order chi connectivity index (χ0) is 18.8. The predicted molar refractivity (Wildman–Crippen MR) is 93.3 cm³/mol. The van der Waals surface area contributed by atoms with Crippen LogP contribution in [0.5, 0.6) is 5.75 Å². The van der Waals surface area contributed by atoms with Gasteiger partial charge in [-0.05, 0) is 24.1 Å². The van der Waals surface area contributed by atoms with Crippen molar-refractivity contribution < 1.29 is 23.9 Å². The molecule has 26 heavy (non-hydrogen) atoms. The Morgan fingerprint density at radius 3 is 2.42 bits per heavy atom. The number of ether oxygens (including phenoxy) is 2. The Morgan fingerprint density at radius 1 is 1.15 bits per heavy atom. The van der Waals surface area contributed by atoms with Crippen LogP contribution >= 0.6 is 0 Å². The highest BCUT2D eigenvalue weighted by Crippen LogP contribution is 2.43. The molecular weight excluding hydrogens is 336 g/mol. The van der Waals surface area contributed by atoms with Gasteiger partial charge in [0.25, 0.3) is 0 Å². The van der Waals surface area contributed by atoms with Gasteiger partial charge in [-0.1, -0.05) is 25.5 Å². The highest BCUT2D eigenvalue weighted by Gasteiger charge is 2.60. The Hall–Kier alpha value is -2.41. The molecule has 1 aromatic carbocycles. The zero-order valence-corrected chi connectivity index (χ0v) is 15.2. The second-order valence-electron chi connectivity index (χ2n) is 6.70. The normalized spacial score (nSPS) is 27.6. The molecule has 2 amide bonds. The number of rotatable bonds is 6. The fourth-order valence-corrected chi connectivity index (χ4v) is 3.71. The number of carbonyl (C=O) groups excluding carboxylic acids is 3. The second-order valence-corrected chi connectivity index (χ2v) is 6.70. The first-order chi connectivity index (χ1) is 12.5. The minimum atomic E-state index is -0.822. The van der Waals surface area contributed by atoms with E-state index in [-0.39, 0.29) is 11.8 Å². The minimum Gasteiger partial charge on any atom is -0.494 e. The number of imide groups is 1. The summed E-state index contributed by atoms with van der Waals surface area (Å²) in [4.78, 5) is 38.2. The van der Waals surface area contributed by atoms with Crippen LogP contribution in [0.2, 0.25) is 0 Å². The van der Waals surface area contributed by atoms with Gasteiger partial charge >= 0.3 is 5.97 Å². The lowest BCUT2D eigenvalue weighted by Gasteiger charge is -2.19. The third-order valence-corrected chi connectivity index (χ3v) is 5.16. The Morgan fingerprint density at radius 2 is 1.81 bits per heavy atom. The molecule has 7 nitrogen and oxygen atoms in total. The molecule has 2 heterocycles. The number of nitrogens with zero attached hydrogens (tertiary/aromatic N) is 1. The summed E-state index contributed by atoms with van der Waals surface area (Å²) in [6.07, 6.45) is 2.05. The number of methoxy groups -OCH3 is 1. The molecule has 0 spiro atoms. The Labute approximate surface area is 152 Å². The van der Waals surface area contributed by atoms with E-state index in [9.17, 15) is 14.4 Å². The first kappa shape index (κ1) is 18.4. The number of nitrogens with one attached hydrogen (secondary N) is 1. The van der Waals surface area contributed by atoms with E-state index in [4.69, 9.17) is 9.47 Å². The zero-order valence-electron chi connectivity index (χ0n) is 15.2. The fraction of sp³-hybridized carbons (Fsp3) is 0.526. The largest absolute Gasteiger partial charge is 0.494 e. The standard InChI is InChI=1S/C19H24N2O5/c1-4-5-10-26-12-8-6-11(7-9-12)15-13-14(16(20-15)19(24)25-3)18(23)21(2)17(13)22/h6-9,13-16,20H,4-5,10H2,1-3H3/t13-,14+,15-,16-/m1/s1. The van der Waals surface area contributed by atoms with Gasteiger partial charge in [0, 0.05) is 13.1 Å².